The number of esters is 2. The number of hydrogen-bond donors (Lipinski definition) is 1. The van der Waals surface area contributed by atoms with Gasteiger partial charge in [0.05, 0.1) is 11.8 Å². The molecule has 0 aromatic heterocycles. The van der Waals surface area contributed by atoms with Gasteiger partial charge in [0.25, 0.3) is 10.1 Å². The van der Waals surface area contributed by atoms with E-state index < -0.39 is 63.8 Å². The summed E-state index contributed by atoms with van der Waals surface area (Å²) < 4.78 is 81.2. The molecule has 188 valence electrons. The standard InChI is InChI=1S/C21H26B3F3O7S/c22-6-10-3-13(7-23)18(14(4-10)8-24)34-20(29)17-12-2-1-11(5-12)16(17)19(28)33-15(21(25,26)27)9-35(30,31)32/h1-4,11-12,15-17H,5-9,22-24H2,(H,30,31,32). The van der Waals surface area contributed by atoms with Crippen LogP contribution in [0, 0.1) is 23.7 Å². The molecule has 2 aliphatic rings. The fourth-order valence-electron chi connectivity index (χ4n) is 4.93. The van der Waals surface area contributed by atoms with Gasteiger partial charge in [-0.3, -0.25) is 14.1 Å². The topological polar surface area (TPSA) is 107 Å². The second-order valence-corrected chi connectivity index (χ2v) is 10.4. The van der Waals surface area contributed by atoms with Gasteiger partial charge in [-0.05, 0) is 29.4 Å². The van der Waals surface area contributed by atoms with Crippen molar-refractivity contribution < 1.29 is 45.2 Å². The van der Waals surface area contributed by atoms with Crippen molar-refractivity contribution in [3.63, 3.8) is 0 Å². The van der Waals surface area contributed by atoms with Gasteiger partial charge < -0.3 is 9.47 Å². The molecule has 0 amide bonds. The van der Waals surface area contributed by atoms with Crippen LogP contribution in [0.25, 0.3) is 0 Å². The van der Waals surface area contributed by atoms with E-state index in [0.717, 1.165) is 23.0 Å². The van der Waals surface area contributed by atoms with Gasteiger partial charge >= 0.3 is 18.1 Å². The Morgan fingerprint density at radius 3 is 1.94 bits per heavy atom. The molecule has 1 N–H and O–H groups in total. The highest BCUT2D eigenvalue weighted by Crippen LogP contribution is 2.49. The van der Waals surface area contributed by atoms with Crippen LogP contribution in [-0.4, -0.2) is 66.5 Å². The third kappa shape index (κ3) is 6.14. The lowest BCUT2D eigenvalue weighted by atomic mass is 9.82. The van der Waals surface area contributed by atoms with Crippen LogP contribution < -0.4 is 4.74 Å². The normalized spacial score (nSPS) is 24.3. The summed E-state index contributed by atoms with van der Waals surface area (Å²) in [4.78, 5) is 26.1. The molecule has 7 nitrogen and oxygen atoms in total. The number of allylic oxidation sites excluding steroid dienone is 2. The highest BCUT2D eigenvalue weighted by molar-refractivity contribution is 7.85. The lowest BCUT2D eigenvalue weighted by Crippen LogP contribution is -2.44. The Bertz CT molecular complexity index is 1100. The largest absolute Gasteiger partial charge is 0.451 e. The minimum atomic E-state index is -5.22. The van der Waals surface area contributed by atoms with Crippen molar-refractivity contribution in [3.8, 4) is 5.75 Å². The number of halogens is 3. The van der Waals surface area contributed by atoms with Crippen LogP contribution in [0.15, 0.2) is 24.3 Å². The maximum atomic E-state index is 13.3. The summed E-state index contributed by atoms with van der Waals surface area (Å²) in [5.41, 5.74) is 2.72. The molecule has 5 atom stereocenters. The Hall–Kier alpha value is -2.21. The predicted octanol–water partition coefficient (Wildman–Crippen LogP) is -0.209. The molecule has 5 unspecified atom stereocenters. The van der Waals surface area contributed by atoms with E-state index in [1.54, 1.807) is 12.2 Å². The molecule has 3 rings (SSSR count). The molecule has 0 aliphatic heterocycles. The van der Waals surface area contributed by atoms with Gasteiger partial charge in [0.15, 0.2) is 0 Å². The van der Waals surface area contributed by atoms with E-state index in [4.69, 9.17) is 9.29 Å². The first kappa shape index (κ1) is 27.4. The van der Waals surface area contributed by atoms with Crippen LogP contribution in [-0.2, 0) is 43.4 Å². The quantitative estimate of drug-likeness (QED) is 0.161. The monoisotopic (exact) mass is 512 g/mol. The van der Waals surface area contributed by atoms with Crippen molar-refractivity contribution in [3.05, 3.63) is 41.0 Å². The molecule has 2 bridgehead atoms. The molecular weight excluding hydrogens is 486 g/mol. The second kappa shape index (κ2) is 10.4. The molecule has 35 heavy (non-hydrogen) atoms. The average molecular weight is 512 g/mol. The molecule has 1 aromatic rings. The van der Waals surface area contributed by atoms with Gasteiger partial charge in [0, 0.05) is 0 Å². The molecule has 1 aromatic carbocycles. The van der Waals surface area contributed by atoms with Gasteiger partial charge in [0.2, 0.25) is 6.10 Å². The molecule has 1 saturated carbocycles. The molecule has 1 fully saturated rings. The summed E-state index contributed by atoms with van der Waals surface area (Å²) in [5, 5.41) is 0. The van der Waals surface area contributed by atoms with Gasteiger partial charge in [-0.25, -0.2) is 0 Å². The summed E-state index contributed by atoms with van der Waals surface area (Å²) in [5.74, 6) is -6.79. The molecule has 0 spiro atoms. The molecule has 2 aliphatic carbocycles. The van der Waals surface area contributed by atoms with Crippen molar-refractivity contribution >= 4 is 45.6 Å². The van der Waals surface area contributed by atoms with Crippen LogP contribution >= 0.6 is 0 Å². The van der Waals surface area contributed by atoms with Crippen LogP contribution in [0.5, 0.6) is 5.75 Å². The Morgan fingerprint density at radius 2 is 1.51 bits per heavy atom. The Balaban J connectivity index is 1.88. The lowest BCUT2D eigenvalue weighted by molar-refractivity contribution is -0.218. The zero-order valence-electron chi connectivity index (χ0n) is 19.7. The van der Waals surface area contributed by atoms with Gasteiger partial charge in [-0.2, -0.15) is 21.6 Å². The fraction of sp³-hybridized carbons (Fsp3) is 0.524. The van der Waals surface area contributed by atoms with Crippen molar-refractivity contribution in [1.29, 1.82) is 0 Å². The number of carbonyl (C=O) groups is 2. The van der Waals surface area contributed by atoms with Gasteiger partial charge in [0.1, 0.15) is 35.0 Å². The van der Waals surface area contributed by atoms with Crippen molar-refractivity contribution in [1.82, 2.24) is 0 Å². The van der Waals surface area contributed by atoms with Crippen molar-refractivity contribution in [2.45, 2.75) is 37.7 Å². The number of fused-ring (bicyclic) bond motifs is 2. The second-order valence-electron chi connectivity index (χ2n) is 8.94. The molecule has 0 radical (unpaired) electrons. The molecule has 0 heterocycles. The SMILES string of the molecule is BCc1cc(CB)c(OC(=O)C2C3C=CC(C3)C2C(=O)OC(CS(=O)(=O)O)C(F)(F)F)c(CB)c1. The van der Waals surface area contributed by atoms with E-state index in [1.807, 2.05) is 35.7 Å². The number of ether oxygens (including phenoxy) is 2. The van der Waals surface area contributed by atoms with Crippen LogP contribution in [0.4, 0.5) is 13.2 Å². The number of carbonyl (C=O) groups excluding carboxylic acids is 2. The maximum Gasteiger partial charge on any atom is 0.426 e. The molecular formula is C21H26B3F3O7S. The van der Waals surface area contributed by atoms with Crippen LogP contribution in [0.1, 0.15) is 23.1 Å². The van der Waals surface area contributed by atoms with E-state index >= 15 is 0 Å². The van der Waals surface area contributed by atoms with Crippen molar-refractivity contribution in [2.75, 3.05) is 5.75 Å². The van der Waals surface area contributed by atoms with E-state index in [1.165, 1.54) is 0 Å². The number of rotatable bonds is 9. The summed E-state index contributed by atoms with van der Waals surface area (Å²) in [6, 6.07) is 3.88. The molecule has 0 saturated heterocycles. The van der Waals surface area contributed by atoms with Gasteiger partial charge in [-0.15, -0.1) is 0 Å². The number of hydrogen-bond acceptors (Lipinski definition) is 6. The third-order valence-electron chi connectivity index (χ3n) is 6.66. The highest BCUT2D eigenvalue weighted by atomic mass is 32.2. The summed E-state index contributed by atoms with van der Waals surface area (Å²) in [6.45, 7) is 0. The summed E-state index contributed by atoms with van der Waals surface area (Å²) in [7, 11) is 0.758. The molecule has 14 heteroatoms. The smallest absolute Gasteiger partial charge is 0.426 e. The highest BCUT2D eigenvalue weighted by Gasteiger charge is 2.55. The minimum absolute atomic E-state index is 0.366. The predicted molar refractivity (Wildman–Crippen MR) is 129 cm³/mol. The number of alkyl halides is 3. The van der Waals surface area contributed by atoms with E-state index in [0.29, 0.717) is 24.8 Å². The first-order valence-electron chi connectivity index (χ1n) is 11.6. The van der Waals surface area contributed by atoms with E-state index in [2.05, 4.69) is 4.74 Å². The number of benzene rings is 1. The Kier molecular flexibility index (Phi) is 8.15. The Morgan fingerprint density at radius 1 is 1.00 bits per heavy atom. The Labute approximate surface area is 204 Å². The summed E-state index contributed by atoms with van der Waals surface area (Å²) >= 11 is 0. The third-order valence-corrected chi connectivity index (χ3v) is 7.39. The van der Waals surface area contributed by atoms with Crippen LogP contribution in [0.3, 0.4) is 0 Å². The first-order chi connectivity index (χ1) is 16.3. The maximum absolute atomic E-state index is 13.3. The summed E-state index contributed by atoms with van der Waals surface area (Å²) in [6.07, 6.45) is -2.54. The zero-order chi connectivity index (χ0) is 26.1. The zero-order valence-corrected chi connectivity index (χ0v) is 20.5. The fourth-order valence-corrected chi connectivity index (χ4v) is 5.57. The van der Waals surface area contributed by atoms with Gasteiger partial charge in [-0.1, -0.05) is 48.8 Å². The minimum Gasteiger partial charge on any atom is -0.451 e. The van der Waals surface area contributed by atoms with E-state index in [9.17, 15) is 31.2 Å². The van der Waals surface area contributed by atoms with E-state index in [-0.39, 0.29) is 0 Å². The van der Waals surface area contributed by atoms with Crippen molar-refractivity contribution in [2.24, 2.45) is 23.7 Å². The van der Waals surface area contributed by atoms with Crippen LogP contribution in [0.2, 0.25) is 0 Å². The first-order valence-corrected chi connectivity index (χ1v) is 13.2. The average Bonchev–Trinajstić information content (AvgIpc) is 3.38. The lowest BCUT2D eigenvalue weighted by Gasteiger charge is -2.28.